The van der Waals surface area contributed by atoms with E-state index in [0.29, 0.717) is 23.0 Å². The minimum absolute atomic E-state index is 0.0175. The van der Waals surface area contributed by atoms with Gasteiger partial charge in [0.2, 0.25) is 0 Å². The molecule has 0 fully saturated rings. The number of likely N-dealkylation sites (N-methyl/N-ethyl adjacent to an activating group) is 1. The maximum atomic E-state index is 12.5. The maximum absolute atomic E-state index is 12.5. The molecule has 0 bridgehead atoms. The number of hydrogen-bond donors (Lipinski definition) is 0. The van der Waals surface area contributed by atoms with Crippen LogP contribution in [0, 0.1) is 0 Å². The van der Waals surface area contributed by atoms with E-state index in [1.165, 1.54) is 15.5 Å². The number of aromatic nitrogens is 2. The molecule has 2 aromatic heterocycles. The molecule has 0 N–H and O–H groups in total. The second-order valence-corrected chi connectivity index (χ2v) is 5.82. The van der Waals surface area contributed by atoms with Gasteiger partial charge in [-0.1, -0.05) is 29.8 Å². The molecule has 2 heterocycles. The lowest BCUT2D eigenvalue weighted by Gasteiger charge is -2.17. The van der Waals surface area contributed by atoms with Crippen LogP contribution in [0.5, 0.6) is 5.75 Å². The van der Waals surface area contributed by atoms with Crippen LogP contribution < -0.4 is 10.3 Å². The van der Waals surface area contributed by atoms with E-state index < -0.39 is 11.5 Å². The Hall–Kier alpha value is -2.86. The predicted molar refractivity (Wildman–Crippen MR) is 95.4 cm³/mol. The quantitative estimate of drug-likeness (QED) is 0.703. The van der Waals surface area contributed by atoms with Gasteiger partial charge in [-0.15, -0.1) is 0 Å². The van der Waals surface area contributed by atoms with Crippen molar-refractivity contribution in [1.82, 2.24) is 14.3 Å². The zero-order valence-electron chi connectivity index (χ0n) is 13.6. The van der Waals surface area contributed by atoms with Gasteiger partial charge in [-0.2, -0.15) is 0 Å². The zero-order chi connectivity index (χ0) is 17.8. The molecule has 128 valence electrons. The van der Waals surface area contributed by atoms with Gasteiger partial charge in [-0.05, 0) is 24.3 Å². The van der Waals surface area contributed by atoms with E-state index in [4.69, 9.17) is 16.3 Å². The minimum Gasteiger partial charge on any atom is -0.490 e. The number of benzene rings is 1. The highest BCUT2D eigenvalue weighted by Crippen LogP contribution is 2.22. The summed E-state index contributed by atoms with van der Waals surface area (Å²) in [5.41, 5.74) is 0.118. The first-order valence-corrected chi connectivity index (χ1v) is 8.05. The average molecular weight is 358 g/mol. The molecule has 3 aromatic rings. The molecular weight excluding hydrogens is 342 g/mol. The molecule has 3 rings (SSSR count). The SMILES string of the molecule is CN(CCOc1ccccc1Cl)C(=O)c1cnc2ccccn2c1=O. The van der Waals surface area contributed by atoms with E-state index in [-0.39, 0.29) is 12.2 Å². The number of carbonyl (C=O) groups is 1. The van der Waals surface area contributed by atoms with Crippen LogP contribution in [-0.2, 0) is 0 Å². The topological polar surface area (TPSA) is 63.9 Å². The number of ether oxygens (including phenoxy) is 1. The Morgan fingerprint density at radius 3 is 2.80 bits per heavy atom. The third-order valence-corrected chi connectivity index (χ3v) is 4.02. The van der Waals surface area contributed by atoms with Crippen molar-refractivity contribution in [3.63, 3.8) is 0 Å². The van der Waals surface area contributed by atoms with Gasteiger partial charge in [0.25, 0.3) is 11.5 Å². The molecule has 0 saturated heterocycles. The number of pyridine rings is 1. The minimum atomic E-state index is -0.404. The van der Waals surface area contributed by atoms with Crippen molar-refractivity contribution in [2.24, 2.45) is 0 Å². The number of hydrogen-bond acceptors (Lipinski definition) is 4. The largest absolute Gasteiger partial charge is 0.490 e. The molecule has 0 aliphatic heterocycles. The molecule has 7 heteroatoms. The van der Waals surface area contributed by atoms with Crippen LogP contribution in [0.2, 0.25) is 5.02 Å². The number of amides is 1. The second-order valence-electron chi connectivity index (χ2n) is 5.41. The Balaban J connectivity index is 1.69. The fourth-order valence-electron chi connectivity index (χ4n) is 2.33. The number of para-hydroxylation sites is 1. The Morgan fingerprint density at radius 2 is 2.00 bits per heavy atom. The van der Waals surface area contributed by atoms with Crippen LogP contribution >= 0.6 is 11.6 Å². The van der Waals surface area contributed by atoms with Crippen LogP contribution in [0.15, 0.2) is 59.7 Å². The Morgan fingerprint density at radius 1 is 1.24 bits per heavy atom. The monoisotopic (exact) mass is 357 g/mol. The van der Waals surface area contributed by atoms with Crippen LogP contribution in [-0.4, -0.2) is 40.4 Å². The van der Waals surface area contributed by atoms with Gasteiger partial charge in [-0.25, -0.2) is 4.98 Å². The molecule has 1 aromatic carbocycles. The molecule has 0 aliphatic rings. The number of halogens is 1. The fraction of sp³-hybridized carbons (Fsp3) is 0.167. The Labute approximate surface area is 149 Å². The van der Waals surface area contributed by atoms with E-state index in [1.807, 2.05) is 12.1 Å². The normalized spacial score (nSPS) is 10.6. The molecule has 25 heavy (non-hydrogen) atoms. The third-order valence-electron chi connectivity index (χ3n) is 3.71. The van der Waals surface area contributed by atoms with Gasteiger partial charge in [0.1, 0.15) is 23.6 Å². The van der Waals surface area contributed by atoms with Crippen LogP contribution in [0.1, 0.15) is 10.4 Å². The van der Waals surface area contributed by atoms with Gasteiger partial charge < -0.3 is 9.64 Å². The lowest BCUT2D eigenvalue weighted by atomic mass is 10.3. The summed E-state index contributed by atoms with van der Waals surface area (Å²) in [7, 11) is 1.61. The van der Waals surface area contributed by atoms with Crippen molar-refractivity contribution in [2.75, 3.05) is 20.2 Å². The molecule has 0 saturated carbocycles. The molecule has 0 unspecified atom stereocenters. The van der Waals surface area contributed by atoms with Gasteiger partial charge >= 0.3 is 0 Å². The Kier molecular flexibility index (Phi) is 5.00. The zero-order valence-corrected chi connectivity index (χ0v) is 14.3. The summed E-state index contributed by atoms with van der Waals surface area (Å²) in [6.45, 7) is 0.565. The predicted octanol–water partition coefficient (Wildman–Crippen LogP) is 2.50. The van der Waals surface area contributed by atoms with Gasteiger partial charge in [0.05, 0.1) is 11.6 Å². The molecule has 0 spiro atoms. The summed E-state index contributed by atoms with van der Waals surface area (Å²) in [5, 5.41) is 0.508. The van der Waals surface area contributed by atoms with Gasteiger partial charge in [0, 0.05) is 19.4 Å². The van der Waals surface area contributed by atoms with Crippen LogP contribution in [0.4, 0.5) is 0 Å². The van der Waals surface area contributed by atoms with E-state index in [0.717, 1.165) is 0 Å². The summed E-state index contributed by atoms with van der Waals surface area (Å²) in [6, 6.07) is 12.3. The lowest BCUT2D eigenvalue weighted by molar-refractivity contribution is 0.0771. The van der Waals surface area contributed by atoms with Crippen molar-refractivity contribution in [1.29, 1.82) is 0 Å². The summed E-state index contributed by atoms with van der Waals surface area (Å²) in [4.78, 5) is 30.5. The van der Waals surface area contributed by atoms with E-state index in [1.54, 1.807) is 43.6 Å². The van der Waals surface area contributed by atoms with E-state index in [2.05, 4.69) is 4.98 Å². The van der Waals surface area contributed by atoms with Crippen LogP contribution in [0.3, 0.4) is 0 Å². The number of fused-ring (bicyclic) bond motifs is 1. The number of carbonyl (C=O) groups excluding carboxylic acids is 1. The fourth-order valence-corrected chi connectivity index (χ4v) is 2.53. The highest BCUT2D eigenvalue weighted by Gasteiger charge is 2.17. The molecular formula is C18H16ClN3O3. The molecule has 1 amide bonds. The molecule has 0 aliphatic carbocycles. The number of rotatable bonds is 5. The summed E-state index contributed by atoms with van der Waals surface area (Å²) in [6.07, 6.45) is 2.90. The standard InChI is InChI=1S/C18H16ClN3O3/c1-21(10-11-25-15-7-3-2-6-14(15)19)17(23)13-12-20-16-8-4-5-9-22(16)18(13)24/h2-9,12H,10-11H2,1H3. The van der Waals surface area contributed by atoms with E-state index >= 15 is 0 Å². The smallest absolute Gasteiger partial charge is 0.270 e. The lowest BCUT2D eigenvalue weighted by Crippen LogP contribution is -2.35. The van der Waals surface area contributed by atoms with Gasteiger partial charge in [-0.3, -0.25) is 14.0 Å². The van der Waals surface area contributed by atoms with Crippen molar-refractivity contribution < 1.29 is 9.53 Å². The molecule has 0 atom stereocenters. The first kappa shape index (κ1) is 17.0. The Bertz CT molecular complexity index is 971. The van der Waals surface area contributed by atoms with Crippen molar-refractivity contribution >= 4 is 23.2 Å². The summed E-state index contributed by atoms with van der Waals surface area (Å²) < 4.78 is 6.92. The third kappa shape index (κ3) is 3.64. The van der Waals surface area contributed by atoms with Crippen LogP contribution in [0.25, 0.3) is 5.65 Å². The highest BCUT2D eigenvalue weighted by molar-refractivity contribution is 6.32. The number of nitrogens with zero attached hydrogens (tertiary/aromatic N) is 3. The van der Waals surface area contributed by atoms with Crippen molar-refractivity contribution in [3.8, 4) is 5.75 Å². The van der Waals surface area contributed by atoms with Gasteiger partial charge in [0.15, 0.2) is 0 Å². The first-order chi connectivity index (χ1) is 12.1. The maximum Gasteiger partial charge on any atom is 0.270 e. The molecule has 0 radical (unpaired) electrons. The second kappa shape index (κ2) is 7.36. The highest BCUT2D eigenvalue weighted by atomic mass is 35.5. The van der Waals surface area contributed by atoms with Crippen molar-refractivity contribution in [2.45, 2.75) is 0 Å². The molecule has 6 nitrogen and oxygen atoms in total. The van der Waals surface area contributed by atoms with E-state index in [9.17, 15) is 9.59 Å². The average Bonchev–Trinajstić information content (AvgIpc) is 2.63. The summed E-state index contributed by atoms with van der Waals surface area (Å²) in [5.74, 6) is 0.149. The first-order valence-electron chi connectivity index (χ1n) is 7.67. The van der Waals surface area contributed by atoms with Crippen molar-refractivity contribution in [3.05, 3.63) is 75.8 Å². The summed E-state index contributed by atoms with van der Waals surface area (Å²) >= 11 is 6.02.